The van der Waals surface area contributed by atoms with Crippen LogP contribution in [-0.2, 0) is 11.3 Å². The topological polar surface area (TPSA) is 77.1 Å². The highest BCUT2D eigenvalue weighted by Crippen LogP contribution is 2.10. The number of nitrogens with one attached hydrogen (secondary N) is 1. The molecule has 0 bridgehead atoms. The van der Waals surface area contributed by atoms with Gasteiger partial charge in [-0.2, -0.15) is 0 Å². The summed E-state index contributed by atoms with van der Waals surface area (Å²) in [6.45, 7) is 1.01. The molecule has 0 fully saturated rings. The second-order valence-electron chi connectivity index (χ2n) is 5.18. The van der Waals surface area contributed by atoms with Crippen molar-refractivity contribution in [1.29, 1.82) is 0 Å². The zero-order chi connectivity index (χ0) is 15.2. The maximum atomic E-state index is 11.9. The Morgan fingerprint density at radius 1 is 1.14 bits per heavy atom. The van der Waals surface area contributed by atoms with Crippen LogP contribution in [0.2, 0.25) is 0 Å². The van der Waals surface area contributed by atoms with Gasteiger partial charge in [0.15, 0.2) is 5.65 Å². The Morgan fingerprint density at radius 2 is 2.00 bits per heavy atom. The van der Waals surface area contributed by atoms with E-state index in [0.29, 0.717) is 12.1 Å². The van der Waals surface area contributed by atoms with E-state index < -0.39 is 0 Å². The van der Waals surface area contributed by atoms with Crippen molar-refractivity contribution in [3.63, 3.8) is 0 Å². The van der Waals surface area contributed by atoms with E-state index in [0.717, 1.165) is 31.5 Å². The summed E-state index contributed by atoms with van der Waals surface area (Å²) in [4.78, 5) is 11.9. The van der Waals surface area contributed by atoms with E-state index in [9.17, 15) is 4.79 Å². The summed E-state index contributed by atoms with van der Waals surface area (Å²) < 4.78 is 3.71. The fraction of sp³-hybridized carbons (Fsp3) is 0.333. The molecule has 0 spiro atoms. The van der Waals surface area contributed by atoms with Gasteiger partial charge < -0.3 is 9.88 Å². The van der Waals surface area contributed by atoms with E-state index >= 15 is 0 Å². The number of aromatic nitrogens is 5. The fourth-order valence-electron chi connectivity index (χ4n) is 2.32. The van der Waals surface area contributed by atoms with Crippen molar-refractivity contribution in [3.05, 3.63) is 42.9 Å². The monoisotopic (exact) mass is 298 g/mol. The third-order valence-electron chi connectivity index (χ3n) is 3.47. The maximum absolute atomic E-state index is 11.9. The van der Waals surface area contributed by atoms with Crippen LogP contribution in [-0.4, -0.2) is 30.5 Å². The number of pyridine rings is 1. The van der Waals surface area contributed by atoms with E-state index in [1.54, 1.807) is 22.8 Å². The molecule has 1 N–H and O–H groups in total. The van der Waals surface area contributed by atoms with Gasteiger partial charge in [0.1, 0.15) is 0 Å². The van der Waals surface area contributed by atoms with E-state index in [1.165, 1.54) is 0 Å². The first kappa shape index (κ1) is 14.2. The van der Waals surface area contributed by atoms with Crippen LogP contribution in [0.25, 0.3) is 5.65 Å². The molecule has 3 heterocycles. The first-order valence-electron chi connectivity index (χ1n) is 7.40. The van der Waals surface area contributed by atoms with Crippen molar-refractivity contribution in [2.75, 3.05) is 5.32 Å². The minimum absolute atomic E-state index is 0.0257. The largest absolute Gasteiger partial charge is 0.354 e. The molecule has 7 heteroatoms. The van der Waals surface area contributed by atoms with Crippen molar-refractivity contribution in [1.82, 2.24) is 24.6 Å². The van der Waals surface area contributed by atoms with Crippen molar-refractivity contribution in [3.8, 4) is 0 Å². The minimum atomic E-state index is 0.0257. The molecule has 22 heavy (non-hydrogen) atoms. The first-order chi connectivity index (χ1) is 10.8. The molecule has 3 aromatic heterocycles. The van der Waals surface area contributed by atoms with Crippen LogP contribution in [0.1, 0.15) is 25.7 Å². The van der Waals surface area contributed by atoms with Crippen molar-refractivity contribution >= 4 is 17.2 Å². The number of fused-ring (bicyclic) bond motifs is 1. The Bertz CT molecular complexity index is 733. The summed E-state index contributed by atoms with van der Waals surface area (Å²) in [5, 5.41) is 14.1. The summed E-state index contributed by atoms with van der Waals surface area (Å²) in [6.07, 6.45) is 9.38. The summed E-state index contributed by atoms with van der Waals surface area (Å²) in [6, 6.07) is 7.58. The molecule has 0 saturated heterocycles. The number of hydrogen-bond acceptors (Lipinski definition) is 4. The predicted molar refractivity (Wildman–Crippen MR) is 82.3 cm³/mol. The third-order valence-corrected chi connectivity index (χ3v) is 3.47. The molecule has 3 rings (SSSR count). The summed E-state index contributed by atoms with van der Waals surface area (Å²) in [5.41, 5.74) is 1.34. The van der Waals surface area contributed by atoms with Gasteiger partial charge >= 0.3 is 0 Å². The molecule has 0 unspecified atom stereocenters. The zero-order valence-electron chi connectivity index (χ0n) is 12.2. The lowest BCUT2D eigenvalue weighted by Crippen LogP contribution is -2.11. The number of nitrogens with zero attached hydrogens (tertiary/aromatic N) is 5. The maximum Gasteiger partial charge on any atom is 0.224 e. The number of hydrogen-bond donors (Lipinski definition) is 1. The van der Waals surface area contributed by atoms with Gasteiger partial charge in [0.05, 0.1) is 0 Å². The highest BCUT2D eigenvalue weighted by atomic mass is 16.1. The Kier molecular flexibility index (Phi) is 4.43. The Morgan fingerprint density at radius 3 is 2.86 bits per heavy atom. The highest BCUT2D eigenvalue weighted by molar-refractivity contribution is 5.91. The van der Waals surface area contributed by atoms with E-state index in [1.807, 2.05) is 12.1 Å². The number of carbonyl (C=O) groups excluding carboxylic acids is 1. The molecule has 1 amide bonds. The lowest BCUT2D eigenvalue weighted by molar-refractivity contribution is -0.116. The van der Waals surface area contributed by atoms with Gasteiger partial charge in [-0.05, 0) is 41.5 Å². The van der Waals surface area contributed by atoms with Crippen LogP contribution in [0.4, 0.5) is 5.69 Å². The summed E-state index contributed by atoms with van der Waals surface area (Å²) in [7, 11) is 0. The Labute approximate surface area is 127 Å². The number of carbonyl (C=O) groups is 1. The van der Waals surface area contributed by atoms with Gasteiger partial charge in [0.2, 0.25) is 5.91 Å². The average Bonchev–Trinajstić information content (AvgIpc) is 3.17. The minimum Gasteiger partial charge on any atom is -0.354 e. The van der Waals surface area contributed by atoms with Crippen molar-refractivity contribution < 1.29 is 4.79 Å². The number of rotatable bonds is 7. The molecule has 0 aliphatic heterocycles. The number of tetrazole rings is 1. The molecule has 0 radical (unpaired) electrons. The molecular formula is C15H18N6O. The molecule has 0 saturated carbocycles. The van der Waals surface area contributed by atoms with Crippen LogP contribution in [0.5, 0.6) is 0 Å². The zero-order valence-corrected chi connectivity index (χ0v) is 12.2. The third kappa shape index (κ3) is 3.69. The van der Waals surface area contributed by atoms with E-state index in [-0.39, 0.29) is 5.91 Å². The summed E-state index contributed by atoms with van der Waals surface area (Å²) in [5.74, 6) is 0.0257. The SMILES string of the molecule is O=C(CCCCCn1cccc1)Nc1ccn2nnnc2c1. The van der Waals surface area contributed by atoms with Crippen LogP contribution in [0.3, 0.4) is 0 Å². The van der Waals surface area contributed by atoms with Gasteiger partial charge in [-0.1, -0.05) is 6.42 Å². The van der Waals surface area contributed by atoms with E-state index in [4.69, 9.17) is 0 Å². The van der Waals surface area contributed by atoms with Crippen LogP contribution in [0.15, 0.2) is 42.9 Å². The van der Waals surface area contributed by atoms with Gasteiger partial charge in [-0.15, -0.1) is 5.10 Å². The number of amides is 1. The van der Waals surface area contributed by atoms with E-state index in [2.05, 4.69) is 37.8 Å². The number of unbranched alkanes of at least 4 members (excludes halogenated alkanes) is 2. The van der Waals surface area contributed by atoms with Crippen LogP contribution >= 0.6 is 0 Å². The number of anilines is 1. The standard InChI is InChI=1S/C15H18N6O/c22-15(6-2-1-3-8-20-9-4-5-10-20)16-13-7-11-21-14(12-13)17-18-19-21/h4-5,7,9-12H,1-3,6,8H2,(H,16,22). The Balaban J connectivity index is 1.38. The fourth-order valence-corrected chi connectivity index (χ4v) is 2.32. The Hall–Kier alpha value is -2.70. The lowest BCUT2D eigenvalue weighted by Gasteiger charge is -2.05. The highest BCUT2D eigenvalue weighted by Gasteiger charge is 2.04. The first-order valence-corrected chi connectivity index (χ1v) is 7.40. The molecule has 7 nitrogen and oxygen atoms in total. The molecule has 0 aliphatic carbocycles. The van der Waals surface area contributed by atoms with Gasteiger partial charge in [0.25, 0.3) is 0 Å². The second kappa shape index (κ2) is 6.84. The molecule has 0 atom stereocenters. The van der Waals surface area contributed by atoms with Gasteiger partial charge in [-0.3, -0.25) is 4.79 Å². The lowest BCUT2D eigenvalue weighted by atomic mass is 10.2. The van der Waals surface area contributed by atoms with Crippen molar-refractivity contribution in [2.45, 2.75) is 32.2 Å². The summed E-state index contributed by atoms with van der Waals surface area (Å²) >= 11 is 0. The predicted octanol–water partition coefficient (Wildman–Crippen LogP) is 2.12. The van der Waals surface area contributed by atoms with Crippen LogP contribution < -0.4 is 5.32 Å². The molecule has 0 aromatic carbocycles. The molecular weight excluding hydrogens is 280 g/mol. The van der Waals surface area contributed by atoms with Gasteiger partial charge in [-0.25, -0.2) is 4.52 Å². The van der Waals surface area contributed by atoms with Gasteiger partial charge in [0, 0.05) is 43.3 Å². The normalized spacial score (nSPS) is 10.9. The average molecular weight is 298 g/mol. The molecule has 114 valence electrons. The number of aryl methyl sites for hydroxylation is 1. The van der Waals surface area contributed by atoms with Crippen molar-refractivity contribution in [2.24, 2.45) is 0 Å². The quantitative estimate of drug-likeness (QED) is 0.678. The molecule has 0 aliphatic rings. The van der Waals surface area contributed by atoms with Crippen LogP contribution in [0, 0.1) is 0 Å². The second-order valence-corrected chi connectivity index (χ2v) is 5.18. The molecule has 3 aromatic rings. The smallest absolute Gasteiger partial charge is 0.224 e.